The second-order valence-electron chi connectivity index (χ2n) is 10.4. The molecule has 2 aromatic rings. The van der Waals surface area contributed by atoms with Crippen LogP contribution in [0.3, 0.4) is 0 Å². The highest BCUT2D eigenvalue weighted by Crippen LogP contribution is 2.30. The van der Waals surface area contributed by atoms with Crippen molar-refractivity contribution in [2.45, 2.75) is 62.2 Å². The third kappa shape index (κ3) is 6.41. The van der Waals surface area contributed by atoms with E-state index >= 15 is 0 Å². The van der Waals surface area contributed by atoms with Gasteiger partial charge in [-0.3, -0.25) is 4.79 Å². The normalized spacial score (nSPS) is 21.8. The quantitative estimate of drug-likeness (QED) is 0.522. The molecule has 0 unspecified atom stereocenters. The van der Waals surface area contributed by atoms with Crippen LogP contribution in [0.4, 0.5) is 4.39 Å². The number of amides is 1. The van der Waals surface area contributed by atoms with Gasteiger partial charge in [-0.1, -0.05) is 24.8 Å². The highest BCUT2D eigenvalue weighted by atomic mass is 32.2. The number of aliphatic hydroxyl groups is 2. The topological polar surface area (TPSA) is 120 Å². The van der Waals surface area contributed by atoms with Crippen LogP contribution in [0.2, 0.25) is 0 Å². The lowest BCUT2D eigenvalue weighted by molar-refractivity contribution is 0.0373. The maximum Gasteiger partial charge on any atom is 0.259 e. The minimum absolute atomic E-state index is 0.0216. The lowest BCUT2D eigenvalue weighted by Crippen LogP contribution is -2.50. The summed E-state index contributed by atoms with van der Waals surface area (Å²) in [6, 6.07) is 5.81. The van der Waals surface area contributed by atoms with Gasteiger partial charge in [0.25, 0.3) is 5.91 Å². The first-order chi connectivity index (χ1) is 18.4. The summed E-state index contributed by atoms with van der Waals surface area (Å²) in [5.41, 5.74) is -0.493. The van der Waals surface area contributed by atoms with Gasteiger partial charge in [-0.2, -0.15) is 4.31 Å². The van der Waals surface area contributed by atoms with Crippen molar-refractivity contribution in [3.8, 4) is 17.7 Å². The van der Waals surface area contributed by atoms with E-state index < -0.39 is 39.5 Å². The summed E-state index contributed by atoms with van der Waals surface area (Å²) in [5.74, 6) is 4.45. The molecule has 1 aromatic heterocycles. The fourth-order valence-electron chi connectivity index (χ4n) is 4.82. The van der Waals surface area contributed by atoms with Gasteiger partial charge >= 0.3 is 0 Å². The Bertz CT molecular complexity index is 1380. The molecule has 2 N–H and O–H groups in total. The molecule has 2 heterocycles. The van der Waals surface area contributed by atoms with Crippen molar-refractivity contribution in [1.29, 1.82) is 0 Å². The van der Waals surface area contributed by atoms with Crippen LogP contribution >= 0.6 is 0 Å². The molecule has 9 nitrogen and oxygen atoms in total. The molecular formula is C28H34FN3O6S. The third-order valence-electron chi connectivity index (χ3n) is 7.33. The molecule has 1 amide bonds. The molecule has 0 bridgehead atoms. The Balaban J connectivity index is 1.67. The van der Waals surface area contributed by atoms with E-state index in [1.165, 1.54) is 36.3 Å². The molecule has 4 rings (SSSR count). The minimum atomic E-state index is -4.03. The van der Waals surface area contributed by atoms with Crippen LogP contribution in [0, 0.1) is 23.6 Å². The number of likely N-dealkylation sites (N-methyl/N-ethyl adjacent to an activating group) is 1. The van der Waals surface area contributed by atoms with Gasteiger partial charge in [0.1, 0.15) is 23.1 Å². The molecule has 0 spiro atoms. The Hall–Kier alpha value is -3.04. The van der Waals surface area contributed by atoms with E-state index in [1.54, 1.807) is 13.0 Å². The van der Waals surface area contributed by atoms with E-state index in [1.807, 2.05) is 6.92 Å². The van der Waals surface area contributed by atoms with Crippen LogP contribution in [0.1, 0.15) is 55.5 Å². The van der Waals surface area contributed by atoms with Gasteiger partial charge in [0.2, 0.25) is 15.9 Å². The number of nitrogens with zero attached hydrogens (tertiary/aromatic N) is 3. The van der Waals surface area contributed by atoms with Gasteiger partial charge in [-0.15, -0.1) is 0 Å². The number of hydrogen-bond donors (Lipinski definition) is 2. The molecule has 1 aromatic carbocycles. The van der Waals surface area contributed by atoms with Crippen LogP contribution in [0.15, 0.2) is 41.4 Å². The first-order valence-electron chi connectivity index (χ1n) is 13.0. The van der Waals surface area contributed by atoms with E-state index in [4.69, 9.17) is 4.74 Å². The largest absolute Gasteiger partial charge is 0.472 e. The highest BCUT2D eigenvalue weighted by molar-refractivity contribution is 7.89. The predicted octanol–water partition coefficient (Wildman–Crippen LogP) is 2.42. The van der Waals surface area contributed by atoms with Crippen LogP contribution in [0.5, 0.6) is 5.88 Å². The van der Waals surface area contributed by atoms with Crippen molar-refractivity contribution in [1.82, 2.24) is 14.2 Å². The molecule has 0 radical (unpaired) electrons. The van der Waals surface area contributed by atoms with Crippen LogP contribution in [-0.2, 0) is 10.0 Å². The van der Waals surface area contributed by atoms with Crippen LogP contribution < -0.4 is 4.74 Å². The maximum atomic E-state index is 13.7. The number of aromatic nitrogens is 1. The lowest BCUT2D eigenvalue weighted by atomic mass is 10.00. The number of rotatable bonds is 6. The number of hydrogen-bond acceptors (Lipinski definition) is 7. The minimum Gasteiger partial charge on any atom is -0.472 e. The van der Waals surface area contributed by atoms with Crippen molar-refractivity contribution in [2.75, 3.05) is 26.7 Å². The molecule has 39 heavy (non-hydrogen) atoms. The predicted molar refractivity (Wildman–Crippen MR) is 142 cm³/mol. The first-order valence-corrected chi connectivity index (χ1v) is 14.4. The van der Waals surface area contributed by atoms with Crippen molar-refractivity contribution in [3.05, 3.63) is 53.5 Å². The standard InChI is InChI=1S/C28H34FN3O6S/c1-19-16-32(20(2)18-33)27(34)24-13-21(9-12-28(35)10-4-5-11-28)15-30-26(24)38-25(19)17-31(3)39(36,37)23-8-6-7-22(29)14-23/h6-8,13-15,19-20,25,33,35H,4-5,10-11,16-18H2,1-3H3/t19-,20-,25-/m1/s1. The summed E-state index contributed by atoms with van der Waals surface area (Å²) in [6.45, 7) is 3.37. The molecule has 3 atom stereocenters. The zero-order valence-electron chi connectivity index (χ0n) is 22.3. The number of sulfonamides is 1. The van der Waals surface area contributed by atoms with Crippen molar-refractivity contribution in [2.24, 2.45) is 5.92 Å². The van der Waals surface area contributed by atoms with Crippen molar-refractivity contribution >= 4 is 15.9 Å². The smallest absolute Gasteiger partial charge is 0.259 e. The average Bonchev–Trinajstić information content (AvgIpc) is 3.35. The lowest BCUT2D eigenvalue weighted by Gasteiger charge is -2.37. The zero-order valence-corrected chi connectivity index (χ0v) is 23.1. The number of carbonyl (C=O) groups is 1. The monoisotopic (exact) mass is 559 g/mol. The van der Waals surface area contributed by atoms with Gasteiger partial charge < -0.3 is 19.8 Å². The van der Waals surface area contributed by atoms with E-state index in [2.05, 4.69) is 16.8 Å². The Labute approximate surface area is 228 Å². The second kappa shape index (κ2) is 11.6. The average molecular weight is 560 g/mol. The van der Waals surface area contributed by atoms with Gasteiger partial charge in [-0.05, 0) is 56.9 Å². The van der Waals surface area contributed by atoms with Gasteiger partial charge in [0.05, 0.1) is 24.1 Å². The summed E-state index contributed by atoms with van der Waals surface area (Å²) >= 11 is 0. The van der Waals surface area contributed by atoms with Crippen LogP contribution in [0.25, 0.3) is 0 Å². The molecule has 1 aliphatic heterocycles. The summed E-state index contributed by atoms with van der Waals surface area (Å²) in [7, 11) is -2.64. The molecular weight excluding hydrogens is 525 g/mol. The second-order valence-corrected chi connectivity index (χ2v) is 12.5. The number of carbonyl (C=O) groups excluding carboxylic acids is 1. The van der Waals surface area contributed by atoms with E-state index in [0.717, 1.165) is 23.2 Å². The number of halogens is 1. The number of benzene rings is 1. The molecule has 11 heteroatoms. The fraction of sp³-hybridized carbons (Fsp3) is 0.500. The summed E-state index contributed by atoms with van der Waals surface area (Å²) in [4.78, 5) is 19.3. The molecule has 2 aliphatic rings. The van der Waals surface area contributed by atoms with Gasteiger partial charge in [0, 0.05) is 31.3 Å². The molecule has 1 fully saturated rings. The summed E-state index contributed by atoms with van der Waals surface area (Å²) in [5, 5.41) is 20.4. The Kier molecular flexibility index (Phi) is 8.61. The number of fused-ring (bicyclic) bond motifs is 1. The van der Waals surface area contributed by atoms with E-state index in [-0.39, 0.29) is 42.0 Å². The van der Waals surface area contributed by atoms with E-state index in [0.29, 0.717) is 18.4 Å². The summed E-state index contributed by atoms with van der Waals surface area (Å²) in [6.07, 6.45) is 3.71. The van der Waals surface area contributed by atoms with Gasteiger partial charge in [0.15, 0.2) is 0 Å². The molecule has 1 saturated carbocycles. The fourth-order valence-corrected chi connectivity index (χ4v) is 6.04. The van der Waals surface area contributed by atoms with Gasteiger partial charge in [-0.25, -0.2) is 17.8 Å². The number of ether oxygens (including phenoxy) is 1. The molecule has 210 valence electrons. The molecule has 0 saturated heterocycles. The maximum absolute atomic E-state index is 13.7. The Morgan fingerprint density at radius 2 is 2.03 bits per heavy atom. The van der Waals surface area contributed by atoms with Crippen LogP contribution in [-0.4, -0.2) is 83.2 Å². The molecule has 1 aliphatic carbocycles. The number of aliphatic hydroxyl groups excluding tert-OH is 1. The Morgan fingerprint density at radius 1 is 1.31 bits per heavy atom. The zero-order chi connectivity index (χ0) is 28.4. The first kappa shape index (κ1) is 29.0. The van der Waals surface area contributed by atoms with E-state index in [9.17, 15) is 27.8 Å². The number of pyridine rings is 1. The van der Waals surface area contributed by atoms with Crippen molar-refractivity contribution in [3.63, 3.8) is 0 Å². The third-order valence-corrected chi connectivity index (χ3v) is 9.15. The SMILES string of the molecule is C[C@@H]1CN([C@H](C)CO)C(=O)c2cc(C#CC3(O)CCCC3)cnc2O[C@@H]1CN(C)S(=O)(=O)c1cccc(F)c1. The summed E-state index contributed by atoms with van der Waals surface area (Å²) < 4.78 is 47.3. The Morgan fingerprint density at radius 3 is 2.69 bits per heavy atom. The van der Waals surface area contributed by atoms with Crippen molar-refractivity contribution < 1.29 is 32.6 Å². The highest BCUT2D eigenvalue weighted by Gasteiger charge is 2.36.